The Bertz CT molecular complexity index is 437. The summed E-state index contributed by atoms with van der Waals surface area (Å²) in [5, 5.41) is 26.4. The van der Waals surface area contributed by atoms with Crippen LogP contribution in [0.1, 0.15) is 43.9 Å². The normalized spacial score (nSPS) is 13.5. The molecule has 7 nitrogen and oxygen atoms in total. The topological polar surface area (TPSA) is 97.5 Å². The molecule has 2 N–H and O–H groups in total. The summed E-state index contributed by atoms with van der Waals surface area (Å²) >= 11 is 0. The summed E-state index contributed by atoms with van der Waals surface area (Å²) in [6, 6.07) is 0. The van der Waals surface area contributed by atoms with Crippen LogP contribution in [0.4, 0.5) is 0 Å². The first-order valence-electron chi connectivity index (χ1n) is 6.20. The van der Waals surface area contributed by atoms with Crippen LogP contribution in [0.5, 0.6) is 0 Å². The Morgan fingerprint density at radius 1 is 1.47 bits per heavy atom. The van der Waals surface area contributed by atoms with Crippen LogP contribution in [0.15, 0.2) is 0 Å². The van der Waals surface area contributed by atoms with Gasteiger partial charge in [0.05, 0.1) is 24.9 Å². The van der Waals surface area contributed by atoms with Crippen molar-refractivity contribution in [1.29, 1.82) is 0 Å². The number of ether oxygens (including phenoxy) is 1. The molecular formula is C12H21N3O4. The molecule has 19 heavy (non-hydrogen) atoms. The molecule has 0 saturated heterocycles. The predicted octanol–water partition coefficient (Wildman–Crippen LogP) is 0.671. The summed E-state index contributed by atoms with van der Waals surface area (Å²) in [5.41, 5.74) is -0.00519. The average molecular weight is 271 g/mol. The highest BCUT2D eigenvalue weighted by Crippen LogP contribution is 2.24. The number of hydrogen-bond acceptors (Lipinski definition) is 5. The van der Waals surface area contributed by atoms with Crippen LogP contribution in [0.3, 0.4) is 0 Å². The van der Waals surface area contributed by atoms with Gasteiger partial charge < -0.3 is 14.9 Å². The number of aliphatic hydroxyl groups is 1. The van der Waals surface area contributed by atoms with Crippen LogP contribution in [-0.2, 0) is 16.7 Å². The lowest BCUT2D eigenvalue weighted by molar-refractivity contribution is 0.0304. The van der Waals surface area contributed by atoms with E-state index in [1.54, 1.807) is 0 Å². The van der Waals surface area contributed by atoms with Gasteiger partial charge in [-0.05, 0) is 6.92 Å². The molecule has 1 aromatic rings. The highest BCUT2D eigenvalue weighted by molar-refractivity contribution is 5.86. The number of nitrogens with zero attached hydrogens (tertiary/aromatic N) is 3. The Morgan fingerprint density at radius 2 is 2.11 bits per heavy atom. The predicted molar refractivity (Wildman–Crippen MR) is 68.2 cm³/mol. The number of rotatable bonds is 6. The molecule has 1 aromatic heterocycles. The van der Waals surface area contributed by atoms with E-state index in [1.165, 1.54) is 4.68 Å². The molecular weight excluding hydrogens is 250 g/mol. The molecule has 0 aliphatic carbocycles. The lowest BCUT2D eigenvalue weighted by atomic mass is 9.90. The zero-order valence-electron chi connectivity index (χ0n) is 11.8. The highest BCUT2D eigenvalue weighted by atomic mass is 16.5. The van der Waals surface area contributed by atoms with Gasteiger partial charge in [-0.3, -0.25) is 0 Å². The molecule has 108 valence electrons. The third kappa shape index (κ3) is 4.00. The number of aromatic nitrogens is 3. The Morgan fingerprint density at radius 3 is 2.58 bits per heavy atom. The number of hydrogen-bond donors (Lipinski definition) is 2. The maximum absolute atomic E-state index is 11.1. The van der Waals surface area contributed by atoms with Crippen molar-refractivity contribution in [1.82, 2.24) is 15.0 Å². The third-order valence-electron chi connectivity index (χ3n) is 2.55. The van der Waals surface area contributed by atoms with Gasteiger partial charge in [-0.1, -0.05) is 26.0 Å². The summed E-state index contributed by atoms with van der Waals surface area (Å²) in [5.74, 6) is -1.12. The molecule has 0 aliphatic rings. The molecule has 1 unspecified atom stereocenters. The van der Waals surface area contributed by atoms with E-state index in [1.807, 2.05) is 27.7 Å². The van der Waals surface area contributed by atoms with Gasteiger partial charge in [-0.2, -0.15) is 0 Å². The number of carbonyl (C=O) groups is 1. The summed E-state index contributed by atoms with van der Waals surface area (Å²) in [6.07, 6.45) is -0.746. The fraction of sp³-hybridized carbons (Fsp3) is 0.750. The van der Waals surface area contributed by atoms with Crippen LogP contribution in [-0.4, -0.2) is 50.5 Å². The fourth-order valence-corrected chi connectivity index (χ4v) is 1.83. The zero-order chi connectivity index (χ0) is 14.6. The van der Waals surface area contributed by atoms with Crippen molar-refractivity contribution >= 4 is 5.97 Å². The monoisotopic (exact) mass is 271 g/mol. The van der Waals surface area contributed by atoms with E-state index in [0.717, 1.165) is 0 Å². The molecule has 0 fully saturated rings. The first-order chi connectivity index (χ1) is 8.77. The van der Waals surface area contributed by atoms with E-state index >= 15 is 0 Å². The molecule has 0 spiro atoms. The smallest absolute Gasteiger partial charge is 0.358 e. The minimum Gasteiger partial charge on any atom is -0.476 e. The minimum atomic E-state index is -1.12. The van der Waals surface area contributed by atoms with Crippen molar-refractivity contribution in [3.8, 4) is 0 Å². The lowest BCUT2D eigenvalue weighted by Crippen LogP contribution is -2.28. The Hall–Kier alpha value is -1.47. The van der Waals surface area contributed by atoms with Gasteiger partial charge in [0.2, 0.25) is 0 Å². The van der Waals surface area contributed by atoms with E-state index in [0.29, 0.717) is 12.3 Å². The maximum atomic E-state index is 11.1. The van der Waals surface area contributed by atoms with Crippen molar-refractivity contribution in [2.75, 3.05) is 13.2 Å². The van der Waals surface area contributed by atoms with E-state index < -0.39 is 17.5 Å². The first-order valence-corrected chi connectivity index (χ1v) is 6.20. The molecule has 0 aromatic carbocycles. The summed E-state index contributed by atoms with van der Waals surface area (Å²) in [4.78, 5) is 11.1. The molecule has 0 saturated carbocycles. The second-order valence-electron chi connectivity index (χ2n) is 5.34. The number of carboxylic acid groups (broad SMARTS) is 1. The number of aromatic carboxylic acids is 1. The third-order valence-corrected chi connectivity index (χ3v) is 2.55. The van der Waals surface area contributed by atoms with Crippen LogP contribution in [0, 0.1) is 0 Å². The Kier molecular flexibility index (Phi) is 5.02. The van der Waals surface area contributed by atoms with Gasteiger partial charge in [-0.25, -0.2) is 9.48 Å². The molecule has 1 atom stereocenters. The molecule has 1 rings (SSSR count). The summed E-state index contributed by atoms with van der Waals surface area (Å²) < 4.78 is 6.56. The summed E-state index contributed by atoms with van der Waals surface area (Å²) in [6.45, 7) is 8.33. The van der Waals surface area contributed by atoms with Gasteiger partial charge in [-0.15, -0.1) is 5.10 Å². The quantitative estimate of drug-likeness (QED) is 0.789. The largest absolute Gasteiger partial charge is 0.476 e. The van der Waals surface area contributed by atoms with E-state index in [9.17, 15) is 9.90 Å². The van der Waals surface area contributed by atoms with Crippen molar-refractivity contribution < 1.29 is 19.7 Å². The SMILES string of the molecule is CCOCC(O)Cn1nnc(C(=O)O)c1C(C)(C)C. The second-order valence-corrected chi connectivity index (χ2v) is 5.34. The minimum absolute atomic E-state index is 0.0730. The van der Waals surface area contributed by atoms with Gasteiger partial charge >= 0.3 is 5.97 Å². The lowest BCUT2D eigenvalue weighted by Gasteiger charge is -2.21. The van der Waals surface area contributed by atoms with E-state index in [4.69, 9.17) is 9.84 Å². The van der Waals surface area contributed by atoms with Gasteiger partial charge in [0, 0.05) is 12.0 Å². The van der Waals surface area contributed by atoms with Gasteiger partial charge in [0.1, 0.15) is 0 Å². The zero-order valence-corrected chi connectivity index (χ0v) is 11.8. The van der Waals surface area contributed by atoms with Gasteiger partial charge in [0.15, 0.2) is 5.69 Å². The van der Waals surface area contributed by atoms with Gasteiger partial charge in [0.25, 0.3) is 0 Å². The van der Waals surface area contributed by atoms with E-state index in [2.05, 4.69) is 10.3 Å². The van der Waals surface area contributed by atoms with Crippen LogP contribution in [0.2, 0.25) is 0 Å². The molecule has 0 aliphatic heterocycles. The van der Waals surface area contributed by atoms with Crippen molar-refractivity contribution in [3.63, 3.8) is 0 Å². The van der Waals surface area contributed by atoms with Crippen molar-refractivity contribution in [3.05, 3.63) is 11.4 Å². The second kappa shape index (κ2) is 6.12. The number of aliphatic hydroxyl groups excluding tert-OH is 1. The van der Waals surface area contributed by atoms with E-state index in [-0.39, 0.29) is 18.8 Å². The molecule has 0 bridgehead atoms. The van der Waals surface area contributed by atoms with Crippen LogP contribution in [0.25, 0.3) is 0 Å². The van der Waals surface area contributed by atoms with Crippen LogP contribution >= 0.6 is 0 Å². The molecule has 0 radical (unpaired) electrons. The number of carboxylic acids is 1. The highest BCUT2D eigenvalue weighted by Gasteiger charge is 2.29. The molecule has 0 amide bonds. The first kappa shape index (κ1) is 15.6. The summed E-state index contributed by atoms with van der Waals surface area (Å²) in [7, 11) is 0. The van der Waals surface area contributed by atoms with Crippen molar-refractivity contribution in [2.45, 2.75) is 45.8 Å². The van der Waals surface area contributed by atoms with Crippen molar-refractivity contribution in [2.24, 2.45) is 0 Å². The average Bonchev–Trinajstić information content (AvgIpc) is 2.69. The molecule has 7 heteroatoms. The standard InChI is InChI=1S/C12H21N3O4/c1-5-19-7-8(16)6-15-10(12(2,3)4)9(11(17)18)13-14-15/h8,16H,5-7H2,1-4H3,(H,17,18). The van der Waals surface area contributed by atoms with Crippen LogP contribution < -0.4 is 0 Å². The fourth-order valence-electron chi connectivity index (χ4n) is 1.83. The molecule has 1 heterocycles. The maximum Gasteiger partial charge on any atom is 0.358 e. The Labute approximate surface area is 112 Å². The Balaban J connectivity index is 2.98.